The van der Waals surface area contributed by atoms with Crippen molar-refractivity contribution in [1.82, 2.24) is 10.2 Å². The maximum Gasteiger partial charge on any atom is 0.226 e. The Morgan fingerprint density at radius 1 is 1.40 bits per heavy atom. The van der Waals surface area contributed by atoms with Crippen LogP contribution in [0.1, 0.15) is 18.9 Å². The van der Waals surface area contributed by atoms with Crippen molar-refractivity contribution in [1.29, 1.82) is 0 Å². The van der Waals surface area contributed by atoms with Gasteiger partial charge in [0.1, 0.15) is 0 Å². The number of benzene rings is 1. The van der Waals surface area contributed by atoms with Gasteiger partial charge in [0.25, 0.3) is 0 Å². The summed E-state index contributed by atoms with van der Waals surface area (Å²) in [6.07, 6.45) is 0.987. The van der Waals surface area contributed by atoms with Crippen LogP contribution in [0, 0.1) is 0 Å². The number of carbonyl (C=O) groups is 1. The molecule has 0 radical (unpaired) electrons. The lowest BCUT2D eigenvalue weighted by Gasteiger charge is -2.03. The van der Waals surface area contributed by atoms with Crippen LogP contribution in [0.3, 0.4) is 0 Å². The van der Waals surface area contributed by atoms with Crippen molar-refractivity contribution in [2.45, 2.75) is 24.1 Å². The number of hydrogen-bond donors (Lipinski definition) is 1. The number of carbonyl (C=O) groups excluding carboxylic acids is 1. The normalized spacial score (nSPS) is 10.5. The molecule has 2 aromatic rings. The molecule has 1 heterocycles. The predicted octanol–water partition coefficient (Wildman–Crippen LogP) is 3.87. The number of nitrogens with one attached hydrogen (secondary N) is 1. The number of rotatable bonds is 6. The maximum atomic E-state index is 11.8. The van der Waals surface area contributed by atoms with Gasteiger partial charge in [0.05, 0.1) is 0 Å². The Kier molecular flexibility index (Phi) is 5.82. The number of anilines is 1. The number of amides is 1. The Bertz CT molecular complexity index is 589. The van der Waals surface area contributed by atoms with Crippen molar-refractivity contribution < 1.29 is 4.79 Å². The van der Waals surface area contributed by atoms with Crippen LogP contribution in [0.4, 0.5) is 5.13 Å². The van der Waals surface area contributed by atoms with E-state index >= 15 is 0 Å². The van der Waals surface area contributed by atoms with Crippen LogP contribution in [0.2, 0.25) is 5.02 Å². The second-order valence-electron chi connectivity index (χ2n) is 3.95. The molecule has 0 aliphatic heterocycles. The van der Waals surface area contributed by atoms with Crippen LogP contribution in [0.15, 0.2) is 28.6 Å². The van der Waals surface area contributed by atoms with E-state index in [4.69, 9.17) is 11.6 Å². The van der Waals surface area contributed by atoms with Gasteiger partial charge in [-0.05, 0) is 23.8 Å². The molecule has 106 valence electrons. The molecule has 0 saturated carbocycles. The number of halogens is 1. The van der Waals surface area contributed by atoms with E-state index in [1.165, 1.54) is 11.3 Å². The maximum absolute atomic E-state index is 11.8. The van der Waals surface area contributed by atoms with Gasteiger partial charge in [0, 0.05) is 11.4 Å². The van der Waals surface area contributed by atoms with E-state index in [1.54, 1.807) is 11.8 Å². The van der Waals surface area contributed by atoms with Crippen molar-refractivity contribution in [2.75, 3.05) is 11.1 Å². The minimum atomic E-state index is -0.0749. The molecule has 2 rings (SSSR count). The summed E-state index contributed by atoms with van der Waals surface area (Å²) in [6, 6.07) is 7.54. The molecule has 4 nitrogen and oxygen atoms in total. The van der Waals surface area contributed by atoms with Gasteiger partial charge in [-0.3, -0.25) is 4.79 Å². The molecule has 20 heavy (non-hydrogen) atoms. The van der Waals surface area contributed by atoms with Crippen molar-refractivity contribution in [2.24, 2.45) is 0 Å². The molecule has 1 N–H and O–H groups in total. The standard InChI is InChI=1S/C13H14ClN3OS2/c1-2-19-13-17-16-12(20-13)15-11(18)8-7-9-5-3-4-6-10(9)14/h3-6H,2,7-8H2,1H3,(H,15,16,18). The van der Waals surface area contributed by atoms with E-state index in [9.17, 15) is 4.79 Å². The van der Waals surface area contributed by atoms with Crippen LogP contribution >= 0.6 is 34.7 Å². The minimum absolute atomic E-state index is 0.0749. The second-order valence-corrected chi connectivity index (χ2v) is 6.84. The summed E-state index contributed by atoms with van der Waals surface area (Å²) >= 11 is 9.06. The van der Waals surface area contributed by atoms with E-state index < -0.39 is 0 Å². The Balaban J connectivity index is 1.84. The van der Waals surface area contributed by atoms with Crippen molar-refractivity contribution in [3.63, 3.8) is 0 Å². The van der Waals surface area contributed by atoms with Crippen molar-refractivity contribution in [3.8, 4) is 0 Å². The first-order valence-corrected chi connectivity index (χ1v) is 8.36. The smallest absolute Gasteiger partial charge is 0.226 e. The van der Waals surface area contributed by atoms with Gasteiger partial charge in [-0.15, -0.1) is 10.2 Å². The first kappa shape index (κ1) is 15.3. The van der Waals surface area contributed by atoms with Crippen LogP contribution in [-0.2, 0) is 11.2 Å². The first-order chi connectivity index (χ1) is 9.69. The van der Waals surface area contributed by atoms with Crippen molar-refractivity contribution in [3.05, 3.63) is 34.9 Å². The number of aromatic nitrogens is 2. The van der Waals surface area contributed by atoms with Crippen LogP contribution in [0.5, 0.6) is 0 Å². The topological polar surface area (TPSA) is 54.9 Å². The zero-order valence-corrected chi connectivity index (χ0v) is 13.3. The van der Waals surface area contributed by atoms with E-state index in [1.807, 2.05) is 31.2 Å². The van der Waals surface area contributed by atoms with Gasteiger partial charge in [-0.2, -0.15) is 0 Å². The van der Waals surface area contributed by atoms with E-state index in [2.05, 4.69) is 15.5 Å². The molecule has 0 atom stereocenters. The summed E-state index contributed by atoms with van der Waals surface area (Å²) in [6.45, 7) is 2.05. The molecule has 0 fully saturated rings. The molecule has 1 amide bonds. The second kappa shape index (κ2) is 7.61. The molecule has 0 aliphatic carbocycles. The van der Waals surface area contributed by atoms with Gasteiger partial charge in [0.15, 0.2) is 4.34 Å². The van der Waals surface area contributed by atoms with Gasteiger partial charge in [0.2, 0.25) is 11.0 Å². The molecule has 0 spiro atoms. The Labute approximate surface area is 130 Å². The third-order valence-electron chi connectivity index (χ3n) is 2.50. The molecule has 0 aliphatic rings. The Morgan fingerprint density at radius 2 is 2.20 bits per heavy atom. The molecule has 0 saturated heterocycles. The molecule has 1 aromatic heterocycles. The molecule has 0 bridgehead atoms. The zero-order chi connectivity index (χ0) is 14.4. The van der Waals surface area contributed by atoms with Crippen LogP contribution < -0.4 is 5.32 Å². The van der Waals surface area contributed by atoms with Gasteiger partial charge in [-0.1, -0.05) is 59.8 Å². The lowest BCUT2D eigenvalue weighted by Crippen LogP contribution is -2.12. The highest BCUT2D eigenvalue weighted by Gasteiger charge is 2.09. The van der Waals surface area contributed by atoms with Crippen LogP contribution in [-0.4, -0.2) is 21.9 Å². The third-order valence-corrected chi connectivity index (χ3v) is 4.72. The monoisotopic (exact) mass is 327 g/mol. The summed E-state index contributed by atoms with van der Waals surface area (Å²) in [5.41, 5.74) is 0.976. The average Bonchev–Trinajstić information content (AvgIpc) is 2.85. The van der Waals surface area contributed by atoms with E-state index in [0.717, 1.165) is 15.7 Å². The first-order valence-electron chi connectivity index (χ1n) is 6.18. The van der Waals surface area contributed by atoms with Crippen LogP contribution in [0.25, 0.3) is 0 Å². The molecule has 0 unspecified atom stereocenters. The minimum Gasteiger partial charge on any atom is -0.300 e. The van der Waals surface area contributed by atoms with Crippen molar-refractivity contribution >= 4 is 45.7 Å². The lowest BCUT2D eigenvalue weighted by molar-refractivity contribution is -0.116. The zero-order valence-electron chi connectivity index (χ0n) is 10.9. The average molecular weight is 328 g/mol. The number of nitrogens with zero attached hydrogens (tertiary/aromatic N) is 2. The summed E-state index contributed by atoms with van der Waals surface area (Å²) in [5.74, 6) is 0.865. The fourth-order valence-electron chi connectivity index (χ4n) is 1.57. The predicted molar refractivity (Wildman–Crippen MR) is 84.7 cm³/mol. The third kappa shape index (κ3) is 4.47. The number of thioether (sulfide) groups is 1. The SMILES string of the molecule is CCSc1nnc(NC(=O)CCc2ccccc2Cl)s1. The highest BCUT2D eigenvalue weighted by molar-refractivity contribution is 8.01. The summed E-state index contributed by atoms with van der Waals surface area (Å²) in [4.78, 5) is 11.8. The summed E-state index contributed by atoms with van der Waals surface area (Å²) in [7, 11) is 0. The lowest BCUT2D eigenvalue weighted by atomic mass is 10.1. The van der Waals surface area contributed by atoms with E-state index in [-0.39, 0.29) is 5.91 Å². The Hall–Kier alpha value is -1.11. The molecule has 7 heteroatoms. The summed E-state index contributed by atoms with van der Waals surface area (Å²) < 4.78 is 0.869. The van der Waals surface area contributed by atoms with Gasteiger partial charge in [-0.25, -0.2) is 0 Å². The van der Waals surface area contributed by atoms with Gasteiger partial charge >= 0.3 is 0 Å². The fourth-order valence-corrected chi connectivity index (χ4v) is 3.47. The highest BCUT2D eigenvalue weighted by Crippen LogP contribution is 2.25. The largest absolute Gasteiger partial charge is 0.300 e. The number of hydrogen-bond acceptors (Lipinski definition) is 5. The molecule has 1 aromatic carbocycles. The molecular formula is C13H14ClN3OS2. The van der Waals surface area contributed by atoms with Gasteiger partial charge < -0.3 is 5.32 Å². The Morgan fingerprint density at radius 3 is 2.95 bits per heavy atom. The number of aryl methyl sites for hydroxylation is 1. The highest BCUT2D eigenvalue weighted by atomic mass is 35.5. The van der Waals surface area contributed by atoms with E-state index in [0.29, 0.717) is 23.0 Å². The molecular weight excluding hydrogens is 314 g/mol. The summed E-state index contributed by atoms with van der Waals surface area (Å²) in [5, 5.41) is 11.9. The fraction of sp³-hybridized carbons (Fsp3) is 0.308. The quantitative estimate of drug-likeness (QED) is 0.646.